The van der Waals surface area contributed by atoms with Gasteiger partial charge in [-0.1, -0.05) is 12.1 Å². The molecule has 8 heteroatoms. The van der Waals surface area contributed by atoms with Gasteiger partial charge in [0.15, 0.2) is 0 Å². The van der Waals surface area contributed by atoms with Gasteiger partial charge in [0, 0.05) is 28.9 Å². The standard InChI is InChI=1S/C21H22N4O3S/c1-3-22-21(27)25-17-8-5-7-16(11-17)24-20(26)15-6-4-9-19(10-15)28-12-18-13-29-14(2)23-18/h4-11,13H,3,12H2,1-2H3,(H,24,26)(H2,22,25,27). The van der Waals surface area contributed by atoms with Crippen molar-refractivity contribution < 1.29 is 14.3 Å². The molecule has 0 aliphatic carbocycles. The second-order valence-corrected chi connectivity index (χ2v) is 7.26. The van der Waals surface area contributed by atoms with E-state index in [-0.39, 0.29) is 11.9 Å². The predicted molar refractivity (Wildman–Crippen MR) is 115 cm³/mol. The summed E-state index contributed by atoms with van der Waals surface area (Å²) in [4.78, 5) is 28.6. The molecule has 1 aromatic heterocycles. The third kappa shape index (κ3) is 6.05. The average Bonchev–Trinajstić information content (AvgIpc) is 3.12. The summed E-state index contributed by atoms with van der Waals surface area (Å²) >= 11 is 1.57. The van der Waals surface area contributed by atoms with Crippen LogP contribution >= 0.6 is 11.3 Å². The molecule has 1 heterocycles. The fourth-order valence-electron chi connectivity index (χ4n) is 2.57. The number of aryl methyl sites for hydroxylation is 1. The summed E-state index contributed by atoms with van der Waals surface area (Å²) in [6, 6.07) is 13.6. The summed E-state index contributed by atoms with van der Waals surface area (Å²) in [6.07, 6.45) is 0. The zero-order valence-corrected chi connectivity index (χ0v) is 17.0. The van der Waals surface area contributed by atoms with Crippen molar-refractivity contribution in [2.75, 3.05) is 17.2 Å². The number of amides is 3. The molecule has 0 saturated carbocycles. The zero-order chi connectivity index (χ0) is 20.6. The van der Waals surface area contributed by atoms with Gasteiger partial charge in [-0.25, -0.2) is 9.78 Å². The first-order valence-corrected chi connectivity index (χ1v) is 10.0. The number of urea groups is 1. The Morgan fingerprint density at radius 2 is 1.83 bits per heavy atom. The van der Waals surface area contributed by atoms with Crippen LogP contribution in [0.2, 0.25) is 0 Å². The molecule has 2 aromatic carbocycles. The number of ether oxygens (including phenoxy) is 1. The van der Waals surface area contributed by atoms with Crippen LogP contribution in [0.4, 0.5) is 16.2 Å². The Morgan fingerprint density at radius 3 is 2.55 bits per heavy atom. The number of hydrogen-bond donors (Lipinski definition) is 3. The second-order valence-electron chi connectivity index (χ2n) is 6.19. The molecule has 0 aliphatic heterocycles. The summed E-state index contributed by atoms with van der Waals surface area (Å²) in [6.45, 7) is 4.66. The number of benzene rings is 2. The van der Waals surface area contributed by atoms with Crippen molar-refractivity contribution in [2.45, 2.75) is 20.5 Å². The van der Waals surface area contributed by atoms with Crippen molar-refractivity contribution in [1.82, 2.24) is 10.3 Å². The molecule has 0 radical (unpaired) electrons. The molecule has 0 fully saturated rings. The molecule has 3 N–H and O–H groups in total. The van der Waals surface area contributed by atoms with Gasteiger partial charge < -0.3 is 20.7 Å². The highest BCUT2D eigenvalue weighted by molar-refractivity contribution is 7.09. The fourth-order valence-corrected chi connectivity index (χ4v) is 3.17. The van der Waals surface area contributed by atoms with Gasteiger partial charge in [0.1, 0.15) is 12.4 Å². The smallest absolute Gasteiger partial charge is 0.319 e. The summed E-state index contributed by atoms with van der Waals surface area (Å²) in [7, 11) is 0. The first-order valence-electron chi connectivity index (χ1n) is 9.13. The normalized spacial score (nSPS) is 10.3. The lowest BCUT2D eigenvalue weighted by atomic mass is 10.2. The van der Waals surface area contributed by atoms with Crippen LogP contribution in [0.3, 0.4) is 0 Å². The first kappa shape index (κ1) is 20.3. The van der Waals surface area contributed by atoms with E-state index in [1.54, 1.807) is 59.9 Å². The molecule has 0 bridgehead atoms. The van der Waals surface area contributed by atoms with E-state index < -0.39 is 0 Å². The van der Waals surface area contributed by atoms with E-state index in [1.807, 2.05) is 19.2 Å². The molecule has 150 valence electrons. The maximum absolute atomic E-state index is 12.6. The third-order valence-corrected chi connectivity index (χ3v) is 4.69. The highest BCUT2D eigenvalue weighted by Crippen LogP contribution is 2.19. The van der Waals surface area contributed by atoms with E-state index in [9.17, 15) is 9.59 Å². The van der Waals surface area contributed by atoms with Crippen molar-refractivity contribution in [3.63, 3.8) is 0 Å². The van der Waals surface area contributed by atoms with Crippen LogP contribution in [0, 0.1) is 6.92 Å². The number of aromatic nitrogens is 1. The summed E-state index contributed by atoms with van der Waals surface area (Å²) in [5.74, 6) is 0.324. The molecule has 3 amide bonds. The number of rotatable bonds is 7. The van der Waals surface area contributed by atoms with Crippen molar-refractivity contribution in [3.8, 4) is 5.75 Å². The van der Waals surface area contributed by atoms with Crippen LogP contribution in [-0.2, 0) is 6.61 Å². The van der Waals surface area contributed by atoms with Crippen LogP contribution < -0.4 is 20.7 Å². The number of hydrogen-bond acceptors (Lipinski definition) is 5. The van der Waals surface area contributed by atoms with Gasteiger partial charge in [-0.05, 0) is 50.2 Å². The number of carbonyl (C=O) groups is 2. The Hall–Kier alpha value is -3.39. The number of carbonyl (C=O) groups excluding carboxylic acids is 2. The predicted octanol–water partition coefficient (Wildman–Crippen LogP) is 4.42. The van der Waals surface area contributed by atoms with Gasteiger partial charge >= 0.3 is 6.03 Å². The number of nitrogens with zero attached hydrogens (tertiary/aromatic N) is 1. The number of thiazole rings is 1. The lowest BCUT2D eigenvalue weighted by Gasteiger charge is -2.10. The Balaban J connectivity index is 1.62. The molecule has 3 rings (SSSR count). The van der Waals surface area contributed by atoms with Crippen LogP contribution in [-0.4, -0.2) is 23.5 Å². The van der Waals surface area contributed by atoms with Crippen LogP contribution in [0.1, 0.15) is 28.0 Å². The lowest BCUT2D eigenvalue weighted by Crippen LogP contribution is -2.28. The fraction of sp³-hybridized carbons (Fsp3) is 0.190. The summed E-state index contributed by atoms with van der Waals surface area (Å²) in [5.41, 5.74) is 2.50. The van der Waals surface area contributed by atoms with E-state index in [0.717, 1.165) is 10.7 Å². The average molecular weight is 410 g/mol. The molecule has 0 atom stereocenters. The highest BCUT2D eigenvalue weighted by Gasteiger charge is 2.09. The SMILES string of the molecule is CCNC(=O)Nc1cccc(NC(=O)c2cccc(OCc3csc(C)n3)c2)c1. The van der Waals surface area contributed by atoms with E-state index in [4.69, 9.17) is 4.74 Å². The van der Waals surface area contributed by atoms with Gasteiger partial charge in [-0.15, -0.1) is 11.3 Å². The Labute approximate surface area is 173 Å². The largest absolute Gasteiger partial charge is 0.487 e. The van der Waals surface area contributed by atoms with Gasteiger partial charge in [0.25, 0.3) is 5.91 Å². The molecule has 29 heavy (non-hydrogen) atoms. The number of anilines is 2. The minimum Gasteiger partial charge on any atom is -0.487 e. The maximum Gasteiger partial charge on any atom is 0.319 e. The Bertz CT molecular complexity index is 1000. The summed E-state index contributed by atoms with van der Waals surface area (Å²) < 4.78 is 5.74. The maximum atomic E-state index is 12.6. The van der Waals surface area contributed by atoms with Crippen LogP contribution in [0.5, 0.6) is 5.75 Å². The van der Waals surface area contributed by atoms with Gasteiger partial charge in [0.05, 0.1) is 10.7 Å². The highest BCUT2D eigenvalue weighted by atomic mass is 32.1. The molecular formula is C21H22N4O3S. The van der Waals surface area contributed by atoms with Crippen LogP contribution in [0.15, 0.2) is 53.9 Å². The van der Waals surface area contributed by atoms with Crippen molar-refractivity contribution in [1.29, 1.82) is 0 Å². The monoisotopic (exact) mass is 410 g/mol. The quantitative estimate of drug-likeness (QED) is 0.537. The minimum absolute atomic E-state index is 0.268. The molecule has 0 saturated heterocycles. The van der Waals surface area contributed by atoms with Gasteiger partial charge in [-0.3, -0.25) is 4.79 Å². The molecule has 0 spiro atoms. The van der Waals surface area contributed by atoms with Crippen molar-refractivity contribution >= 4 is 34.6 Å². The number of nitrogens with one attached hydrogen (secondary N) is 3. The molecule has 0 aliphatic rings. The van der Waals surface area contributed by atoms with Gasteiger partial charge in [-0.2, -0.15) is 0 Å². The van der Waals surface area contributed by atoms with Gasteiger partial charge in [0.2, 0.25) is 0 Å². The topological polar surface area (TPSA) is 92.4 Å². The molecule has 7 nitrogen and oxygen atoms in total. The Morgan fingerprint density at radius 1 is 1.07 bits per heavy atom. The van der Waals surface area contributed by atoms with E-state index in [0.29, 0.717) is 35.8 Å². The van der Waals surface area contributed by atoms with E-state index in [2.05, 4.69) is 20.9 Å². The second kappa shape index (κ2) is 9.70. The minimum atomic E-state index is -0.295. The molecule has 0 unspecified atom stereocenters. The van der Waals surface area contributed by atoms with Crippen molar-refractivity contribution in [2.24, 2.45) is 0 Å². The van der Waals surface area contributed by atoms with Crippen LogP contribution in [0.25, 0.3) is 0 Å². The zero-order valence-electron chi connectivity index (χ0n) is 16.2. The van der Waals surface area contributed by atoms with E-state index >= 15 is 0 Å². The molecule has 3 aromatic rings. The molecular weight excluding hydrogens is 388 g/mol. The first-order chi connectivity index (χ1) is 14.0. The lowest BCUT2D eigenvalue weighted by molar-refractivity contribution is 0.102. The van der Waals surface area contributed by atoms with E-state index in [1.165, 1.54) is 0 Å². The summed E-state index contributed by atoms with van der Waals surface area (Å²) in [5, 5.41) is 11.1. The van der Waals surface area contributed by atoms with Crippen molar-refractivity contribution in [3.05, 3.63) is 70.2 Å². The third-order valence-electron chi connectivity index (χ3n) is 3.87. The Kier molecular flexibility index (Phi) is 6.80.